The van der Waals surface area contributed by atoms with E-state index in [9.17, 15) is 4.79 Å². The number of aromatic amines is 1. The Balaban J connectivity index is 2.33. The first-order valence-electron chi connectivity index (χ1n) is 3.25. The minimum atomic E-state index is -0.214. The van der Waals surface area contributed by atoms with E-state index in [-0.39, 0.29) is 18.9 Å². The quantitative estimate of drug-likeness (QED) is 0.533. The van der Waals surface area contributed by atoms with Crippen molar-refractivity contribution in [1.82, 2.24) is 25.9 Å². The molecule has 0 aromatic carbocycles. The summed E-state index contributed by atoms with van der Waals surface area (Å²) in [5.74, 6) is 2.42. The summed E-state index contributed by atoms with van der Waals surface area (Å²) in [6.07, 6.45) is 5.03. The number of rotatable bonds is 3. The lowest BCUT2D eigenvalue weighted by atomic mass is 10.4. The van der Waals surface area contributed by atoms with Crippen molar-refractivity contribution in [2.75, 3.05) is 6.54 Å². The average molecular weight is 165 g/mol. The van der Waals surface area contributed by atoms with Crippen LogP contribution in [0.15, 0.2) is 0 Å². The number of carbonyl (C=O) groups excluding carboxylic acids is 1. The third kappa shape index (κ3) is 2.38. The standard InChI is InChI=1S/C6H7N5O/c1-2-3-7-6(12)4-5-8-10-11-9-5/h1H,3-4H2,(H,7,12)(H,8,9,10,11). The topological polar surface area (TPSA) is 83.6 Å². The van der Waals surface area contributed by atoms with Gasteiger partial charge >= 0.3 is 0 Å². The number of carbonyl (C=O) groups is 1. The third-order valence-electron chi connectivity index (χ3n) is 1.10. The van der Waals surface area contributed by atoms with E-state index in [4.69, 9.17) is 6.42 Å². The number of nitrogens with one attached hydrogen (secondary N) is 2. The van der Waals surface area contributed by atoms with E-state index in [1.165, 1.54) is 0 Å². The van der Waals surface area contributed by atoms with Gasteiger partial charge in [0, 0.05) is 0 Å². The van der Waals surface area contributed by atoms with Crippen molar-refractivity contribution in [2.24, 2.45) is 0 Å². The van der Waals surface area contributed by atoms with Gasteiger partial charge in [-0.25, -0.2) is 0 Å². The van der Waals surface area contributed by atoms with Crippen molar-refractivity contribution in [3.05, 3.63) is 5.82 Å². The Morgan fingerprint density at radius 1 is 1.75 bits per heavy atom. The van der Waals surface area contributed by atoms with Crippen LogP contribution >= 0.6 is 0 Å². The molecule has 0 aliphatic heterocycles. The first kappa shape index (κ1) is 8.20. The monoisotopic (exact) mass is 165 g/mol. The lowest BCUT2D eigenvalue weighted by Crippen LogP contribution is -2.25. The molecule has 1 aromatic heterocycles. The minimum Gasteiger partial charge on any atom is -0.345 e. The highest BCUT2D eigenvalue weighted by Crippen LogP contribution is 1.84. The zero-order valence-electron chi connectivity index (χ0n) is 6.24. The molecule has 1 rings (SSSR count). The number of terminal acetylenes is 1. The molecule has 0 spiro atoms. The lowest BCUT2D eigenvalue weighted by molar-refractivity contribution is -0.120. The third-order valence-corrected chi connectivity index (χ3v) is 1.10. The molecule has 0 aliphatic carbocycles. The Morgan fingerprint density at radius 2 is 2.58 bits per heavy atom. The van der Waals surface area contributed by atoms with Gasteiger partial charge in [0.05, 0.1) is 13.0 Å². The second kappa shape index (κ2) is 4.08. The Labute approximate surface area is 68.7 Å². The summed E-state index contributed by atoms with van der Waals surface area (Å²) in [5, 5.41) is 15.2. The molecule has 6 nitrogen and oxygen atoms in total. The molecule has 62 valence electrons. The SMILES string of the molecule is C#CCNC(=O)Cc1nn[nH]n1. The fourth-order valence-corrected chi connectivity index (χ4v) is 0.613. The highest BCUT2D eigenvalue weighted by atomic mass is 16.1. The van der Waals surface area contributed by atoms with Crippen molar-refractivity contribution in [2.45, 2.75) is 6.42 Å². The zero-order chi connectivity index (χ0) is 8.81. The largest absolute Gasteiger partial charge is 0.345 e. The number of hydrogen-bond donors (Lipinski definition) is 2. The molecule has 0 saturated carbocycles. The lowest BCUT2D eigenvalue weighted by Gasteiger charge is -1.95. The highest BCUT2D eigenvalue weighted by Gasteiger charge is 2.04. The molecule has 12 heavy (non-hydrogen) atoms. The van der Waals surface area contributed by atoms with Crippen LogP contribution in [0.2, 0.25) is 0 Å². The van der Waals surface area contributed by atoms with Crippen LogP contribution in [0.25, 0.3) is 0 Å². The predicted octanol–water partition coefficient (Wildman–Crippen LogP) is -1.51. The van der Waals surface area contributed by atoms with Gasteiger partial charge in [0.1, 0.15) is 0 Å². The van der Waals surface area contributed by atoms with Crippen LogP contribution < -0.4 is 5.32 Å². The van der Waals surface area contributed by atoms with E-state index in [1.807, 2.05) is 0 Å². The summed E-state index contributed by atoms with van der Waals surface area (Å²) in [6, 6.07) is 0. The molecule has 0 unspecified atom stereocenters. The van der Waals surface area contributed by atoms with E-state index >= 15 is 0 Å². The molecule has 1 amide bonds. The van der Waals surface area contributed by atoms with Gasteiger partial charge in [-0.05, 0) is 0 Å². The summed E-state index contributed by atoms with van der Waals surface area (Å²) < 4.78 is 0. The Bertz CT molecular complexity index is 285. The van der Waals surface area contributed by atoms with E-state index < -0.39 is 0 Å². The van der Waals surface area contributed by atoms with Gasteiger partial charge in [-0.15, -0.1) is 16.6 Å². The van der Waals surface area contributed by atoms with Gasteiger partial charge in [-0.3, -0.25) is 4.79 Å². The van der Waals surface area contributed by atoms with Crippen molar-refractivity contribution in [3.63, 3.8) is 0 Å². The molecule has 0 radical (unpaired) electrons. The van der Waals surface area contributed by atoms with Gasteiger partial charge in [-0.2, -0.15) is 5.21 Å². The fraction of sp³-hybridized carbons (Fsp3) is 0.333. The zero-order valence-corrected chi connectivity index (χ0v) is 6.24. The number of tetrazole rings is 1. The van der Waals surface area contributed by atoms with Crippen LogP contribution in [0.5, 0.6) is 0 Å². The highest BCUT2D eigenvalue weighted by molar-refractivity contribution is 5.77. The van der Waals surface area contributed by atoms with Crippen LogP contribution in [0.3, 0.4) is 0 Å². The van der Waals surface area contributed by atoms with Crippen LogP contribution in [0, 0.1) is 12.3 Å². The number of aromatic nitrogens is 4. The van der Waals surface area contributed by atoms with Crippen LogP contribution in [-0.2, 0) is 11.2 Å². The first-order chi connectivity index (χ1) is 5.83. The molecular weight excluding hydrogens is 158 g/mol. The molecule has 0 saturated heterocycles. The van der Waals surface area contributed by atoms with Gasteiger partial charge in [0.2, 0.25) is 5.91 Å². The van der Waals surface area contributed by atoms with E-state index in [2.05, 4.69) is 31.9 Å². The molecule has 0 atom stereocenters. The molecule has 0 fully saturated rings. The van der Waals surface area contributed by atoms with Gasteiger partial charge in [0.25, 0.3) is 0 Å². The molecule has 0 bridgehead atoms. The molecule has 1 heterocycles. The maximum Gasteiger partial charge on any atom is 0.228 e. The van der Waals surface area contributed by atoms with E-state index in [0.29, 0.717) is 5.82 Å². The normalized spacial score (nSPS) is 8.92. The first-order valence-corrected chi connectivity index (χ1v) is 3.25. The smallest absolute Gasteiger partial charge is 0.228 e. The van der Waals surface area contributed by atoms with E-state index in [0.717, 1.165) is 0 Å². The average Bonchev–Trinajstić information content (AvgIpc) is 2.53. The van der Waals surface area contributed by atoms with Gasteiger partial charge in [0.15, 0.2) is 5.82 Å². The van der Waals surface area contributed by atoms with Crippen molar-refractivity contribution < 1.29 is 4.79 Å². The van der Waals surface area contributed by atoms with Crippen molar-refractivity contribution in [1.29, 1.82) is 0 Å². The van der Waals surface area contributed by atoms with Gasteiger partial charge < -0.3 is 5.32 Å². The molecule has 6 heteroatoms. The number of nitrogens with zero attached hydrogens (tertiary/aromatic N) is 3. The Hall–Kier alpha value is -1.90. The summed E-state index contributed by atoms with van der Waals surface area (Å²) >= 11 is 0. The summed E-state index contributed by atoms with van der Waals surface area (Å²) in [6.45, 7) is 0.219. The fourth-order valence-electron chi connectivity index (χ4n) is 0.613. The van der Waals surface area contributed by atoms with Crippen molar-refractivity contribution in [3.8, 4) is 12.3 Å². The van der Waals surface area contributed by atoms with E-state index in [1.54, 1.807) is 0 Å². The number of amides is 1. The molecule has 2 N–H and O–H groups in total. The number of H-pyrrole nitrogens is 1. The molecular formula is C6H7N5O. The van der Waals surface area contributed by atoms with Gasteiger partial charge in [-0.1, -0.05) is 11.1 Å². The Kier molecular flexibility index (Phi) is 2.79. The van der Waals surface area contributed by atoms with Crippen LogP contribution in [0.4, 0.5) is 0 Å². The number of hydrogen-bond acceptors (Lipinski definition) is 4. The molecule has 1 aromatic rings. The molecule has 0 aliphatic rings. The second-order valence-corrected chi connectivity index (χ2v) is 1.99. The maximum atomic E-state index is 10.9. The predicted molar refractivity (Wildman–Crippen MR) is 39.7 cm³/mol. The Morgan fingerprint density at radius 3 is 3.17 bits per heavy atom. The summed E-state index contributed by atoms with van der Waals surface area (Å²) in [5.41, 5.74) is 0. The van der Waals surface area contributed by atoms with Crippen molar-refractivity contribution >= 4 is 5.91 Å². The summed E-state index contributed by atoms with van der Waals surface area (Å²) in [4.78, 5) is 10.9. The second-order valence-electron chi connectivity index (χ2n) is 1.99. The van der Waals surface area contributed by atoms with Crippen LogP contribution in [-0.4, -0.2) is 33.1 Å². The minimum absolute atomic E-state index is 0.0954. The maximum absolute atomic E-state index is 10.9. The van der Waals surface area contributed by atoms with Crippen LogP contribution in [0.1, 0.15) is 5.82 Å². The summed E-state index contributed by atoms with van der Waals surface area (Å²) in [7, 11) is 0.